The second kappa shape index (κ2) is 10.00. The lowest BCUT2D eigenvalue weighted by atomic mass is 10.2. The number of carbonyl (C=O) groups excluding carboxylic acids is 1. The number of quaternary nitrogens is 2. The van der Waals surface area contributed by atoms with E-state index in [9.17, 15) is 9.18 Å². The third-order valence-corrected chi connectivity index (χ3v) is 4.99. The van der Waals surface area contributed by atoms with E-state index < -0.39 is 0 Å². The Balaban J connectivity index is 1.33. The first-order valence-corrected chi connectivity index (χ1v) is 9.63. The van der Waals surface area contributed by atoms with Crippen molar-refractivity contribution in [3.8, 4) is 0 Å². The molecule has 142 valence electrons. The zero-order chi connectivity index (χ0) is 18.9. The van der Waals surface area contributed by atoms with E-state index in [1.165, 1.54) is 22.6 Å². The summed E-state index contributed by atoms with van der Waals surface area (Å²) in [6.07, 6.45) is 4.90. The number of amides is 1. The van der Waals surface area contributed by atoms with Crippen LogP contribution in [0.3, 0.4) is 0 Å². The fourth-order valence-electron chi connectivity index (χ4n) is 3.42. The van der Waals surface area contributed by atoms with Gasteiger partial charge in [0.2, 0.25) is 5.91 Å². The molecule has 3 rings (SSSR count). The Kier molecular flexibility index (Phi) is 7.13. The third kappa shape index (κ3) is 6.62. The molecule has 1 aliphatic heterocycles. The molecule has 3 N–H and O–H groups in total. The van der Waals surface area contributed by atoms with Gasteiger partial charge < -0.3 is 15.1 Å². The molecule has 1 saturated heterocycles. The van der Waals surface area contributed by atoms with Crippen molar-refractivity contribution < 1.29 is 19.0 Å². The van der Waals surface area contributed by atoms with Crippen molar-refractivity contribution in [1.82, 2.24) is 0 Å². The van der Waals surface area contributed by atoms with Gasteiger partial charge in [0.05, 0.1) is 19.5 Å². The summed E-state index contributed by atoms with van der Waals surface area (Å²) in [5.41, 5.74) is 1.76. The molecule has 1 amide bonds. The van der Waals surface area contributed by atoms with Crippen LogP contribution in [0.5, 0.6) is 0 Å². The normalized spacial score (nSPS) is 19.9. The Morgan fingerprint density at radius 3 is 2.48 bits per heavy atom. The first-order chi connectivity index (χ1) is 13.2. The molecule has 1 heterocycles. The maximum Gasteiger partial charge on any atom is 0.230 e. The number of carbonyl (C=O) groups is 1. The zero-order valence-corrected chi connectivity index (χ0v) is 15.6. The first-order valence-electron chi connectivity index (χ1n) is 9.63. The molecule has 0 aromatic heterocycles. The van der Waals surface area contributed by atoms with Crippen LogP contribution in [0, 0.1) is 5.82 Å². The van der Waals surface area contributed by atoms with Gasteiger partial charge in [0.15, 0.2) is 0 Å². The van der Waals surface area contributed by atoms with Gasteiger partial charge in [0.25, 0.3) is 0 Å². The monoisotopic (exact) mass is 369 g/mol. The van der Waals surface area contributed by atoms with Crippen LogP contribution in [0.15, 0.2) is 60.7 Å². The number of halogens is 1. The van der Waals surface area contributed by atoms with Crippen LogP contribution < -0.4 is 15.1 Å². The maximum absolute atomic E-state index is 13.2. The molecule has 0 bridgehead atoms. The van der Waals surface area contributed by atoms with Crippen LogP contribution in [0.4, 0.5) is 10.1 Å². The number of nitrogens with one attached hydrogen (secondary N) is 3. The van der Waals surface area contributed by atoms with Crippen molar-refractivity contribution in [3.63, 3.8) is 0 Å². The van der Waals surface area contributed by atoms with E-state index in [-0.39, 0.29) is 11.7 Å². The lowest BCUT2D eigenvalue weighted by molar-refractivity contribution is -1.01. The molecule has 1 fully saturated rings. The van der Waals surface area contributed by atoms with E-state index in [4.69, 9.17) is 0 Å². The summed E-state index contributed by atoms with van der Waals surface area (Å²) in [4.78, 5) is 15.1. The first kappa shape index (κ1) is 19.3. The summed E-state index contributed by atoms with van der Waals surface area (Å²) in [6, 6.07) is 16.4. The average Bonchev–Trinajstić information content (AvgIpc) is 2.68. The molecule has 27 heavy (non-hydrogen) atoms. The van der Waals surface area contributed by atoms with Gasteiger partial charge >= 0.3 is 0 Å². The quantitative estimate of drug-likeness (QED) is 0.659. The van der Waals surface area contributed by atoms with Crippen LogP contribution in [0.2, 0.25) is 0 Å². The van der Waals surface area contributed by atoms with E-state index >= 15 is 0 Å². The Bertz CT molecular complexity index is 755. The summed E-state index contributed by atoms with van der Waals surface area (Å²) < 4.78 is 13.2. The summed E-state index contributed by atoms with van der Waals surface area (Å²) >= 11 is 0. The number of hydrogen-bond acceptors (Lipinski definition) is 1. The number of piperazine rings is 1. The maximum atomic E-state index is 13.2. The van der Waals surface area contributed by atoms with Crippen LogP contribution >= 0.6 is 0 Å². The predicted octanol–water partition coefficient (Wildman–Crippen LogP) is 0.651. The van der Waals surface area contributed by atoms with Crippen molar-refractivity contribution in [3.05, 3.63) is 72.1 Å². The smallest absolute Gasteiger partial charge is 0.230 e. The minimum Gasteiger partial charge on any atom is -0.326 e. The fourth-order valence-corrected chi connectivity index (χ4v) is 3.42. The minimum atomic E-state index is -0.334. The van der Waals surface area contributed by atoms with Gasteiger partial charge in [-0.25, -0.2) is 4.39 Å². The van der Waals surface area contributed by atoms with Crippen LogP contribution in [0.25, 0.3) is 6.08 Å². The van der Waals surface area contributed by atoms with Crippen molar-refractivity contribution >= 4 is 17.7 Å². The van der Waals surface area contributed by atoms with Crippen molar-refractivity contribution in [2.45, 2.75) is 6.42 Å². The van der Waals surface area contributed by atoms with Gasteiger partial charge in [-0.05, 0) is 29.8 Å². The third-order valence-electron chi connectivity index (χ3n) is 4.99. The Morgan fingerprint density at radius 1 is 1.00 bits per heavy atom. The van der Waals surface area contributed by atoms with E-state index in [0.717, 1.165) is 39.3 Å². The van der Waals surface area contributed by atoms with Gasteiger partial charge in [-0.3, -0.25) is 4.79 Å². The molecule has 1 aliphatic rings. The van der Waals surface area contributed by atoms with Gasteiger partial charge in [-0.2, -0.15) is 0 Å². The highest BCUT2D eigenvalue weighted by Crippen LogP contribution is 2.08. The molecule has 0 aliphatic carbocycles. The zero-order valence-electron chi connectivity index (χ0n) is 15.6. The molecular weight excluding hydrogens is 341 g/mol. The standard InChI is InChI=1S/C22H26FN3O/c23-20-9-4-10-21(18-20)24-22(27)11-13-26-16-14-25(15-17-26)12-5-8-19-6-2-1-3-7-19/h1-10,18H,11-17H2,(H,24,27)/p+2/b8-5+. The molecule has 2 aromatic carbocycles. The fraction of sp³-hybridized carbons (Fsp3) is 0.318. The second-order valence-electron chi connectivity index (χ2n) is 7.08. The second-order valence-corrected chi connectivity index (χ2v) is 7.08. The van der Waals surface area contributed by atoms with Crippen molar-refractivity contribution in [2.24, 2.45) is 0 Å². The lowest BCUT2D eigenvalue weighted by Gasteiger charge is -2.29. The number of anilines is 1. The number of rotatable bonds is 7. The molecule has 0 radical (unpaired) electrons. The Labute approximate surface area is 160 Å². The number of hydrogen-bond donors (Lipinski definition) is 3. The van der Waals surface area contributed by atoms with Crippen molar-refractivity contribution in [2.75, 3.05) is 44.6 Å². The van der Waals surface area contributed by atoms with Gasteiger partial charge in [-0.1, -0.05) is 42.5 Å². The minimum absolute atomic E-state index is 0.0475. The van der Waals surface area contributed by atoms with Crippen LogP contribution in [-0.4, -0.2) is 45.2 Å². The van der Waals surface area contributed by atoms with E-state index in [1.807, 2.05) is 6.07 Å². The molecule has 5 heteroatoms. The molecule has 2 aromatic rings. The lowest BCUT2D eigenvalue weighted by Crippen LogP contribution is -3.28. The van der Waals surface area contributed by atoms with E-state index in [0.29, 0.717) is 12.1 Å². The van der Waals surface area contributed by atoms with Gasteiger partial charge in [0.1, 0.15) is 32.0 Å². The SMILES string of the molecule is O=C(CC[NH+]1CC[NH+](C/C=C/c2ccccc2)CC1)Nc1cccc(F)c1. The molecule has 0 saturated carbocycles. The summed E-state index contributed by atoms with van der Waals surface area (Å²) in [6.45, 7) is 6.29. The Morgan fingerprint density at radius 2 is 1.74 bits per heavy atom. The molecule has 4 nitrogen and oxygen atoms in total. The van der Waals surface area contributed by atoms with E-state index in [1.54, 1.807) is 17.0 Å². The number of benzene rings is 2. The van der Waals surface area contributed by atoms with Gasteiger partial charge in [-0.15, -0.1) is 0 Å². The summed E-state index contributed by atoms with van der Waals surface area (Å²) in [5.74, 6) is -0.382. The average molecular weight is 369 g/mol. The largest absolute Gasteiger partial charge is 0.326 e. The molecular formula is C22H28FN3O+2. The van der Waals surface area contributed by atoms with E-state index in [2.05, 4.69) is 41.7 Å². The van der Waals surface area contributed by atoms with Crippen molar-refractivity contribution in [1.29, 1.82) is 0 Å². The van der Waals surface area contributed by atoms with Gasteiger partial charge in [0, 0.05) is 5.69 Å². The highest BCUT2D eigenvalue weighted by atomic mass is 19.1. The topological polar surface area (TPSA) is 38.0 Å². The van der Waals surface area contributed by atoms with Crippen LogP contribution in [0.1, 0.15) is 12.0 Å². The predicted molar refractivity (Wildman–Crippen MR) is 106 cm³/mol. The highest BCUT2D eigenvalue weighted by molar-refractivity contribution is 5.90. The van der Waals surface area contributed by atoms with Crippen LogP contribution in [-0.2, 0) is 4.79 Å². The summed E-state index contributed by atoms with van der Waals surface area (Å²) in [5, 5.41) is 2.77. The highest BCUT2D eigenvalue weighted by Gasteiger charge is 2.22. The summed E-state index contributed by atoms with van der Waals surface area (Å²) in [7, 11) is 0. The molecule has 0 spiro atoms. The molecule has 0 unspecified atom stereocenters. The molecule has 0 atom stereocenters. The Hall–Kier alpha value is -2.50.